The number of rotatable bonds is 2. The lowest BCUT2D eigenvalue weighted by Crippen LogP contribution is -2.15. The average Bonchev–Trinajstić information content (AvgIpc) is 2.02. The highest BCUT2D eigenvalue weighted by molar-refractivity contribution is 7.86. The van der Waals surface area contributed by atoms with Crippen LogP contribution in [-0.4, -0.2) is 20.8 Å². The van der Waals surface area contributed by atoms with Crippen molar-refractivity contribution < 1.29 is 22.1 Å². The van der Waals surface area contributed by atoms with E-state index in [0.29, 0.717) is 0 Å². The molecule has 0 saturated carbocycles. The van der Waals surface area contributed by atoms with Crippen molar-refractivity contribution >= 4 is 16.3 Å². The minimum atomic E-state index is -3.82. The smallest absolute Gasteiger partial charge is 0.394 e. The maximum Gasteiger partial charge on any atom is 0.529 e. The number of hydrogen-bond donors (Lipinski definition) is 0. The standard InChI is InChI=1S/C8H8O5S/c1-14(10,11)13-8(9)12-7-5-3-2-4-6-7/h2-6H,1H3. The highest BCUT2D eigenvalue weighted by Crippen LogP contribution is 2.09. The fraction of sp³-hybridized carbons (Fsp3) is 0.125. The molecule has 0 aliphatic carbocycles. The van der Waals surface area contributed by atoms with E-state index in [4.69, 9.17) is 0 Å². The monoisotopic (exact) mass is 216 g/mol. The Morgan fingerprint density at radius 3 is 2.29 bits per heavy atom. The van der Waals surface area contributed by atoms with Crippen molar-refractivity contribution in [2.24, 2.45) is 0 Å². The first-order valence-corrected chi connectivity index (χ1v) is 5.45. The summed E-state index contributed by atoms with van der Waals surface area (Å²) in [4.78, 5) is 10.8. The Morgan fingerprint density at radius 2 is 1.79 bits per heavy atom. The molecule has 6 heteroatoms. The Morgan fingerprint density at radius 1 is 1.21 bits per heavy atom. The summed E-state index contributed by atoms with van der Waals surface area (Å²) in [7, 11) is -3.82. The van der Waals surface area contributed by atoms with Crippen LogP contribution >= 0.6 is 0 Å². The summed E-state index contributed by atoms with van der Waals surface area (Å²) in [5, 5.41) is 0. The van der Waals surface area contributed by atoms with Crippen LogP contribution in [0.25, 0.3) is 0 Å². The molecule has 0 N–H and O–H groups in total. The van der Waals surface area contributed by atoms with Gasteiger partial charge in [0.25, 0.3) is 0 Å². The molecule has 0 atom stereocenters. The van der Waals surface area contributed by atoms with Gasteiger partial charge in [-0.2, -0.15) is 8.42 Å². The summed E-state index contributed by atoms with van der Waals surface area (Å²) in [5.74, 6) is 0.223. The molecule has 0 saturated heterocycles. The van der Waals surface area contributed by atoms with Crippen LogP contribution in [0.15, 0.2) is 30.3 Å². The van der Waals surface area contributed by atoms with E-state index in [0.717, 1.165) is 6.26 Å². The highest BCUT2D eigenvalue weighted by atomic mass is 32.2. The van der Waals surface area contributed by atoms with Crippen molar-refractivity contribution in [2.45, 2.75) is 0 Å². The van der Waals surface area contributed by atoms with E-state index in [9.17, 15) is 13.2 Å². The molecule has 0 unspecified atom stereocenters. The average molecular weight is 216 g/mol. The predicted molar refractivity (Wildman–Crippen MR) is 48.4 cm³/mol. The third-order valence-corrected chi connectivity index (χ3v) is 1.60. The van der Waals surface area contributed by atoms with Crippen LogP contribution in [0.3, 0.4) is 0 Å². The first-order valence-electron chi connectivity index (χ1n) is 3.64. The van der Waals surface area contributed by atoms with Crippen LogP contribution in [0.4, 0.5) is 4.79 Å². The van der Waals surface area contributed by atoms with Crippen LogP contribution < -0.4 is 4.74 Å². The lowest BCUT2D eigenvalue weighted by Gasteiger charge is -2.02. The van der Waals surface area contributed by atoms with Crippen molar-refractivity contribution in [3.8, 4) is 5.75 Å². The van der Waals surface area contributed by atoms with Gasteiger partial charge in [0.15, 0.2) is 0 Å². The SMILES string of the molecule is CS(=O)(=O)OC(=O)Oc1ccccc1. The predicted octanol–water partition coefficient (Wildman–Crippen LogP) is 1.16. The topological polar surface area (TPSA) is 69.7 Å². The van der Waals surface area contributed by atoms with Crippen molar-refractivity contribution in [2.75, 3.05) is 6.26 Å². The molecular formula is C8H8O5S. The summed E-state index contributed by atoms with van der Waals surface area (Å²) in [5.41, 5.74) is 0. The van der Waals surface area contributed by atoms with Gasteiger partial charge in [0.2, 0.25) is 0 Å². The van der Waals surface area contributed by atoms with Gasteiger partial charge in [0, 0.05) is 0 Å². The van der Waals surface area contributed by atoms with Gasteiger partial charge in [-0.3, -0.25) is 0 Å². The third-order valence-electron chi connectivity index (χ3n) is 1.16. The van der Waals surface area contributed by atoms with Crippen LogP contribution in [-0.2, 0) is 14.3 Å². The zero-order valence-corrected chi connectivity index (χ0v) is 8.15. The minimum Gasteiger partial charge on any atom is -0.394 e. The maximum absolute atomic E-state index is 10.8. The van der Waals surface area contributed by atoms with Crippen molar-refractivity contribution in [3.05, 3.63) is 30.3 Å². The fourth-order valence-corrected chi connectivity index (χ4v) is 1.01. The molecule has 0 heterocycles. The Bertz CT molecular complexity index is 409. The quantitative estimate of drug-likeness (QED) is 0.421. The Kier molecular flexibility index (Phi) is 3.08. The van der Waals surface area contributed by atoms with E-state index in [1.807, 2.05) is 0 Å². The van der Waals surface area contributed by atoms with Crippen LogP contribution in [0.2, 0.25) is 0 Å². The normalized spacial score (nSPS) is 10.6. The Labute approximate surface area is 81.4 Å². The molecule has 0 aliphatic rings. The number of hydrogen-bond acceptors (Lipinski definition) is 5. The van der Waals surface area contributed by atoms with Crippen LogP contribution in [0, 0.1) is 0 Å². The van der Waals surface area contributed by atoms with Gasteiger partial charge in [-0.25, -0.2) is 4.79 Å². The van der Waals surface area contributed by atoms with Gasteiger partial charge < -0.3 is 8.92 Å². The number of para-hydroxylation sites is 1. The van der Waals surface area contributed by atoms with E-state index >= 15 is 0 Å². The summed E-state index contributed by atoms with van der Waals surface area (Å²) in [6.07, 6.45) is -0.502. The van der Waals surface area contributed by atoms with Crippen LogP contribution in [0.5, 0.6) is 5.75 Å². The molecule has 5 nitrogen and oxygen atoms in total. The number of benzene rings is 1. The van der Waals surface area contributed by atoms with E-state index in [-0.39, 0.29) is 5.75 Å². The molecule has 0 radical (unpaired) electrons. The van der Waals surface area contributed by atoms with Gasteiger partial charge in [-0.05, 0) is 12.1 Å². The molecule has 1 aromatic rings. The molecule has 0 fully saturated rings. The van der Waals surface area contributed by atoms with Crippen LogP contribution in [0.1, 0.15) is 0 Å². The third kappa shape index (κ3) is 3.90. The Hall–Kier alpha value is -1.56. The lowest BCUT2D eigenvalue weighted by atomic mass is 10.3. The van der Waals surface area contributed by atoms with Crippen molar-refractivity contribution in [1.29, 1.82) is 0 Å². The highest BCUT2D eigenvalue weighted by Gasteiger charge is 2.12. The number of ether oxygens (including phenoxy) is 1. The van der Waals surface area contributed by atoms with Gasteiger partial charge in [0.05, 0.1) is 6.26 Å². The summed E-state index contributed by atoms with van der Waals surface area (Å²) < 4.78 is 29.5. The molecule has 0 aliphatic heterocycles. The number of carbonyl (C=O) groups excluding carboxylic acids is 1. The number of carbonyl (C=O) groups is 1. The fourth-order valence-electron chi connectivity index (χ4n) is 0.725. The van der Waals surface area contributed by atoms with Gasteiger partial charge >= 0.3 is 16.3 Å². The maximum atomic E-state index is 10.8. The van der Waals surface area contributed by atoms with Gasteiger partial charge in [0.1, 0.15) is 5.75 Å². The van der Waals surface area contributed by atoms with E-state index in [1.54, 1.807) is 18.2 Å². The minimum absolute atomic E-state index is 0.223. The second-order valence-electron chi connectivity index (χ2n) is 2.45. The molecule has 0 aromatic heterocycles. The molecule has 0 bridgehead atoms. The first-order chi connectivity index (χ1) is 6.47. The summed E-state index contributed by atoms with van der Waals surface area (Å²) >= 11 is 0. The molecule has 1 rings (SSSR count). The molecule has 14 heavy (non-hydrogen) atoms. The molecule has 0 spiro atoms. The van der Waals surface area contributed by atoms with E-state index in [2.05, 4.69) is 8.92 Å². The largest absolute Gasteiger partial charge is 0.529 e. The zero-order chi connectivity index (χ0) is 10.6. The van der Waals surface area contributed by atoms with E-state index < -0.39 is 16.3 Å². The summed E-state index contributed by atoms with van der Waals surface area (Å²) in [6, 6.07) is 8.02. The second-order valence-corrected chi connectivity index (χ2v) is 4.03. The van der Waals surface area contributed by atoms with Crippen molar-refractivity contribution in [1.82, 2.24) is 0 Å². The lowest BCUT2D eigenvalue weighted by molar-refractivity contribution is 0.155. The second kappa shape index (κ2) is 4.10. The molecule has 76 valence electrons. The van der Waals surface area contributed by atoms with Crippen molar-refractivity contribution in [3.63, 3.8) is 0 Å². The van der Waals surface area contributed by atoms with Gasteiger partial charge in [-0.15, -0.1) is 0 Å². The molecular weight excluding hydrogens is 208 g/mol. The van der Waals surface area contributed by atoms with Gasteiger partial charge in [-0.1, -0.05) is 18.2 Å². The zero-order valence-electron chi connectivity index (χ0n) is 7.34. The first kappa shape index (κ1) is 10.5. The molecule has 0 amide bonds. The molecule has 1 aromatic carbocycles. The van der Waals surface area contributed by atoms with E-state index in [1.165, 1.54) is 12.1 Å². The Balaban J connectivity index is 2.59. The summed E-state index contributed by atoms with van der Waals surface area (Å²) in [6.45, 7) is 0.